The molecule has 1 saturated carbocycles. The van der Waals surface area contributed by atoms with Crippen molar-refractivity contribution < 1.29 is 0 Å². The van der Waals surface area contributed by atoms with Crippen LogP contribution in [0.15, 0.2) is 11.6 Å². The Hall–Kier alpha value is -0.340. The van der Waals surface area contributed by atoms with Gasteiger partial charge in [0.05, 0.1) is 0 Å². The zero-order valence-electron chi connectivity index (χ0n) is 6.19. The van der Waals surface area contributed by atoms with Gasteiger partial charge in [-0.3, -0.25) is 0 Å². The third kappa shape index (κ3) is 1.58. The van der Waals surface area contributed by atoms with E-state index < -0.39 is 0 Å². The Morgan fingerprint density at radius 2 is 2.50 bits per heavy atom. The van der Waals surface area contributed by atoms with Crippen molar-refractivity contribution in [2.24, 2.45) is 0 Å². The van der Waals surface area contributed by atoms with Crippen LogP contribution in [0.3, 0.4) is 0 Å². The summed E-state index contributed by atoms with van der Waals surface area (Å²) in [6.07, 6.45) is 5.07. The van der Waals surface area contributed by atoms with Crippen molar-refractivity contribution in [3.05, 3.63) is 11.6 Å². The Labute approximate surface area is 61.7 Å². The summed E-state index contributed by atoms with van der Waals surface area (Å²) in [6, 6.07) is 0.849. The molecule has 2 aliphatic rings. The lowest BCUT2D eigenvalue weighted by Crippen LogP contribution is -2.21. The van der Waals surface area contributed by atoms with Crippen LogP contribution in [0.1, 0.15) is 12.8 Å². The molecule has 0 aromatic carbocycles. The lowest BCUT2D eigenvalue weighted by Gasteiger charge is -2.01. The molecule has 0 unspecified atom stereocenters. The van der Waals surface area contributed by atoms with E-state index in [2.05, 4.69) is 16.7 Å². The topological polar surface area (TPSA) is 24.1 Å². The highest BCUT2D eigenvalue weighted by Gasteiger charge is 2.20. The van der Waals surface area contributed by atoms with E-state index in [9.17, 15) is 0 Å². The molecule has 0 atom stereocenters. The average Bonchev–Trinajstić information content (AvgIpc) is 2.63. The van der Waals surface area contributed by atoms with Crippen LogP contribution in [-0.4, -0.2) is 25.7 Å². The van der Waals surface area contributed by atoms with E-state index in [1.165, 1.54) is 18.4 Å². The van der Waals surface area contributed by atoms with Crippen LogP contribution in [0, 0.1) is 0 Å². The van der Waals surface area contributed by atoms with Crippen molar-refractivity contribution in [2.75, 3.05) is 19.6 Å². The molecule has 1 fully saturated rings. The number of rotatable bonds is 3. The van der Waals surface area contributed by atoms with Gasteiger partial charge in [0, 0.05) is 25.7 Å². The maximum Gasteiger partial charge on any atom is 0.0180 e. The Bertz CT molecular complexity index is 147. The summed E-state index contributed by atoms with van der Waals surface area (Å²) in [5.41, 5.74) is 1.53. The number of nitrogens with one attached hydrogen (secondary N) is 2. The zero-order valence-corrected chi connectivity index (χ0v) is 6.19. The van der Waals surface area contributed by atoms with Gasteiger partial charge in [-0.1, -0.05) is 6.08 Å². The molecular formula is C8H14N2. The maximum absolute atomic E-state index is 3.49. The summed E-state index contributed by atoms with van der Waals surface area (Å²) in [6.45, 7) is 3.28. The van der Waals surface area contributed by atoms with E-state index in [-0.39, 0.29) is 0 Å². The predicted molar refractivity (Wildman–Crippen MR) is 42.0 cm³/mol. The molecular weight excluding hydrogens is 124 g/mol. The van der Waals surface area contributed by atoms with E-state index in [0.717, 1.165) is 25.7 Å². The van der Waals surface area contributed by atoms with Gasteiger partial charge in [-0.25, -0.2) is 0 Å². The third-order valence-electron chi connectivity index (χ3n) is 2.08. The predicted octanol–water partition coefficient (Wildman–Crippen LogP) is 0.268. The molecule has 1 heterocycles. The molecule has 0 amide bonds. The highest BCUT2D eigenvalue weighted by Crippen LogP contribution is 2.18. The van der Waals surface area contributed by atoms with Crippen molar-refractivity contribution >= 4 is 0 Å². The molecule has 2 nitrogen and oxygen atoms in total. The van der Waals surface area contributed by atoms with Gasteiger partial charge in [-0.15, -0.1) is 0 Å². The Morgan fingerprint density at radius 3 is 3.10 bits per heavy atom. The first-order valence-corrected chi connectivity index (χ1v) is 4.07. The normalized spacial score (nSPS) is 25.0. The fraction of sp³-hybridized carbons (Fsp3) is 0.750. The van der Waals surface area contributed by atoms with Gasteiger partial charge in [0.2, 0.25) is 0 Å². The standard InChI is InChI=1S/C8H14N2/c1-2-8(1)10-6-7-3-4-9-5-7/h3,8-10H,1-2,4-6H2. The van der Waals surface area contributed by atoms with Gasteiger partial charge in [0.15, 0.2) is 0 Å². The number of hydrogen-bond donors (Lipinski definition) is 2. The molecule has 2 heteroatoms. The maximum atomic E-state index is 3.49. The summed E-state index contributed by atoms with van der Waals surface area (Å²) >= 11 is 0. The lowest BCUT2D eigenvalue weighted by molar-refractivity contribution is 0.720. The van der Waals surface area contributed by atoms with Crippen LogP contribution in [0.5, 0.6) is 0 Å². The Morgan fingerprint density at radius 1 is 1.60 bits per heavy atom. The fourth-order valence-corrected chi connectivity index (χ4v) is 1.22. The highest BCUT2D eigenvalue weighted by molar-refractivity contribution is 5.12. The Kier molecular flexibility index (Phi) is 1.74. The van der Waals surface area contributed by atoms with E-state index in [1.54, 1.807) is 0 Å². The minimum absolute atomic E-state index is 0.849. The second kappa shape index (κ2) is 2.72. The van der Waals surface area contributed by atoms with Crippen molar-refractivity contribution in [3.8, 4) is 0 Å². The third-order valence-corrected chi connectivity index (χ3v) is 2.08. The van der Waals surface area contributed by atoms with Gasteiger partial charge < -0.3 is 10.6 Å². The summed E-state index contributed by atoms with van der Waals surface area (Å²) in [5.74, 6) is 0. The molecule has 1 aliphatic carbocycles. The second-order valence-corrected chi connectivity index (χ2v) is 3.15. The lowest BCUT2D eigenvalue weighted by atomic mass is 10.3. The van der Waals surface area contributed by atoms with Crippen LogP contribution in [0.4, 0.5) is 0 Å². The van der Waals surface area contributed by atoms with E-state index in [4.69, 9.17) is 0 Å². The van der Waals surface area contributed by atoms with Gasteiger partial charge in [0.25, 0.3) is 0 Å². The summed E-state index contributed by atoms with van der Waals surface area (Å²) in [4.78, 5) is 0. The van der Waals surface area contributed by atoms with Crippen LogP contribution in [0.2, 0.25) is 0 Å². The second-order valence-electron chi connectivity index (χ2n) is 3.15. The van der Waals surface area contributed by atoms with Gasteiger partial charge in [-0.2, -0.15) is 0 Å². The Balaban J connectivity index is 1.68. The first-order chi connectivity index (χ1) is 4.95. The average molecular weight is 138 g/mol. The molecule has 2 rings (SSSR count). The summed E-state index contributed by atoms with van der Waals surface area (Å²) < 4.78 is 0. The minimum atomic E-state index is 0.849. The molecule has 10 heavy (non-hydrogen) atoms. The van der Waals surface area contributed by atoms with Crippen LogP contribution < -0.4 is 10.6 Å². The molecule has 0 bridgehead atoms. The van der Waals surface area contributed by atoms with Crippen LogP contribution >= 0.6 is 0 Å². The first-order valence-electron chi connectivity index (χ1n) is 4.07. The molecule has 0 saturated heterocycles. The molecule has 56 valence electrons. The van der Waals surface area contributed by atoms with Gasteiger partial charge in [-0.05, 0) is 18.4 Å². The van der Waals surface area contributed by atoms with Crippen molar-refractivity contribution in [1.82, 2.24) is 10.6 Å². The largest absolute Gasteiger partial charge is 0.310 e. The molecule has 0 radical (unpaired) electrons. The monoisotopic (exact) mass is 138 g/mol. The highest BCUT2D eigenvalue weighted by atomic mass is 15.0. The van der Waals surface area contributed by atoms with E-state index in [0.29, 0.717) is 0 Å². The van der Waals surface area contributed by atoms with Gasteiger partial charge in [0.1, 0.15) is 0 Å². The van der Waals surface area contributed by atoms with Crippen molar-refractivity contribution in [2.45, 2.75) is 18.9 Å². The fourth-order valence-electron chi connectivity index (χ4n) is 1.22. The minimum Gasteiger partial charge on any atom is -0.310 e. The zero-order chi connectivity index (χ0) is 6.81. The number of hydrogen-bond acceptors (Lipinski definition) is 2. The molecule has 0 aromatic heterocycles. The van der Waals surface area contributed by atoms with E-state index in [1.807, 2.05) is 0 Å². The quantitative estimate of drug-likeness (QED) is 0.547. The first kappa shape index (κ1) is 6.38. The summed E-state index contributed by atoms with van der Waals surface area (Å²) in [7, 11) is 0. The molecule has 1 aliphatic heterocycles. The van der Waals surface area contributed by atoms with Crippen molar-refractivity contribution in [3.63, 3.8) is 0 Å². The van der Waals surface area contributed by atoms with Crippen LogP contribution in [0.25, 0.3) is 0 Å². The molecule has 0 aromatic rings. The van der Waals surface area contributed by atoms with Gasteiger partial charge >= 0.3 is 0 Å². The molecule has 0 spiro atoms. The van der Waals surface area contributed by atoms with Crippen molar-refractivity contribution in [1.29, 1.82) is 0 Å². The summed E-state index contributed by atoms with van der Waals surface area (Å²) in [5, 5.41) is 6.77. The van der Waals surface area contributed by atoms with Crippen LogP contribution in [-0.2, 0) is 0 Å². The SMILES string of the molecule is C1=C(CNC2CC2)CNC1. The molecule has 2 N–H and O–H groups in total. The smallest absolute Gasteiger partial charge is 0.0180 e. The van der Waals surface area contributed by atoms with E-state index >= 15 is 0 Å².